The number of carbonyl (C=O) groups excluding carboxylic acids is 1. The highest BCUT2D eigenvalue weighted by atomic mass is 79.9. The van der Waals surface area contributed by atoms with Crippen molar-refractivity contribution in [1.29, 1.82) is 0 Å². The molecule has 1 rings (SSSR count). The van der Waals surface area contributed by atoms with E-state index in [1.54, 1.807) is 0 Å². The molecule has 0 aliphatic carbocycles. The maximum absolute atomic E-state index is 11.0. The fraction of sp³-hybridized carbons (Fsp3) is 0.364. The van der Waals surface area contributed by atoms with Gasteiger partial charge in [0.1, 0.15) is 0 Å². The van der Waals surface area contributed by atoms with E-state index in [0.717, 1.165) is 15.4 Å². The van der Waals surface area contributed by atoms with Crippen LogP contribution in [0.3, 0.4) is 0 Å². The van der Waals surface area contributed by atoms with Crippen molar-refractivity contribution in [3.8, 4) is 0 Å². The highest BCUT2D eigenvalue weighted by Gasteiger charge is 2.03. The Bertz CT molecular complexity index is 350. The topological polar surface area (TPSA) is 26.3 Å². The smallest absolute Gasteiger partial charge is 0.305 e. The molecule has 2 nitrogen and oxygen atoms in total. The van der Waals surface area contributed by atoms with Gasteiger partial charge in [-0.1, -0.05) is 37.9 Å². The lowest BCUT2D eigenvalue weighted by Crippen LogP contribution is -2.02. The first-order chi connectivity index (χ1) is 7.15. The van der Waals surface area contributed by atoms with E-state index in [1.165, 1.54) is 12.7 Å². The van der Waals surface area contributed by atoms with Crippen molar-refractivity contribution >= 4 is 37.8 Å². The number of carbonyl (C=O) groups is 1. The van der Waals surface area contributed by atoms with Gasteiger partial charge in [0.2, 0.25) is 0 Å². The summed E-state index contributed by atoms with van der Waals surface area (Å²) in [7, 11) is 1.41. The molecule has 0 bridgehead atoms. The third-order valence-corrected chi connectivity index (χ3v) is 3.12. The zero-order chi connectivity index (χ0) is 11.3. The first-order valence-electron chi connectivity index (χ1n) is 4.57. The van der Waals surface area contributed by atoms with Crippen LogP contribution in [0.2, 0.25) is 0 Å². The predicted molar refractivity (Wildman–Crippen MR) is 67.1 cm³/mol. The van der Waals surface area contributed by atoms with Gasteiger partial charge in [-0.15, -0.1) is 0 Å². The Labute approximate surface area is 106 Å². The van der Waals surface area contributed by atoms with Crippen molar-refractivity contribution in [3.05, 3.63) is 33.8 Å². The van der Waals surface area contributed by atoms with Crippen LogP contribution in [0.5, 0.6) is 0 Å². The zero-order valence-corrected chi connectivity index (χ0v) is 11.6. The lowest BCUT2D eigenvalue weighted by Gasteiger charge is -2.04. The molecule has 1 aromatic carbocycles. The molecule has 15 heavy (non-hydrogen) atoms. The van der Waals surface area contributed by atoms with Crippen molar-refractivity contribution in [2.75, 3.05) is 7.11 Å². The minimum atomic E-state index is -0.171. The maximum atomic E-state index is 11.0. The van der Waals surface area contributed by atoms with Gasteiger partial charge in [0.05, 0.1) is 7.11 Å². The third-order valence-electron chi connectivity index (χ3n) is 2.02. The van der Waals surface area contributed by atoms with Crippen LogP contribution in [0, 0.1) is 0 Å². The Kier molecular flexibility index (Phi) is 5.32. The van der Waals surface area contributed by atoms with Gasteiger partial charge in [-0.25, -0.2) is 0 Å². The monoisotopic (exact) mass is 334 g/mol. The number of ether oxygens (including phenoxy) is 1. The molecule has 0 amide bonds. The molecule has 0 N–H and O–H groups in total. The highest BCUT2D eigenvalue weighted by Crippen LogP contribution is 2.18. The van der Waals surface area contributed by atoms with Crippen molar-refractivity contribution in [1.82, 2.24) is 0 Å². The Balaban J connectivity index is 2.68. The van der Waals surface area contributed by atoms with Gasteiger partial charge >= 0.3 is 5.97 Å². The third kappa shape index (κ3) is 4.34. The summed E-state index contributed by atoms with van der Waals surface area (Å²) in [4.78, 5) is 11.0. The fourth-order valence-electron chi connectivity index (χ4n) is 1.29. The van der Waals surface area contributed by atoms with Crippen LogP contribution in [-0.2, 0) is 21.3 Å². The van der Waals surface area contributed by atoms with Gasteiger partial charge in [0.25, 0.3) is 0 Å². The molecule has 4 heteroatoms. The average Bonchev–Trinajstić information content (AvgIpc) is 2.25. The molecule has 0 saturated heterocycles. The lowest BCUT2D eigenvalue weighted by atomic mass is 10.1. The van der Waals surface area contributed by atoms with E-state index in [0.29, 0.717) is 12.8 Å². The number of alkyl halides is 1. The number of halogens is 2. The molecule has 0 heterocycles. The summed E-state index contributed by atoms with van der Waals surface area (Å²) in [6.45, 7) is 0. The number of benzene rings is 1. The molecular formula is C11H12Br2O2. The molecule has 0 radical (unpaired) electrons. The predicted octanol–water partition coefficient (Wildman–Crippen LogP) is 3.45. The molecule has 0 aliphatic heterocycles. The largest absolute Gasteiger partial charge is 0.469 e. The molecule has 82 valence electrons. The fourth-order valence-corrected chi connectivity index (χ4v) is 2.20. The van der Waals surface area contributed by atoms with E-state index in [-0.39, 0.29) is 5.97 Å². The molecule has 0 atom stereocenters. The summed E-state index contributed by atoms with van der Waals surface area (Å²) in [5.41, 5.74) is 2.34. The normalized spacial score (nSPS) is 10.1. The van der Waals surface area contributed by atoms with Crippen LogP contribution >= 0.6 is 31.9 Å². The maximum Gasteiger partial charge on any atom is 0.305 e. The van der Waals surface area contributed by atoms with Crippen LogP contribution < -0.4 is 0 Å². The minimum Gasteiger partial charge on any atom is -0.469 e. The second-order valence-electron chi connectivity index (χ2n) is 3.18. The van der Waals surface area contributed by atoms with E-state index in [4.69, 9.17) is 0 Å². The minimum absolute atomic E-state index is 0.171. The van der Waals surface area contributed by atoms with Crippen LogP contribution in [-0.4, -0.2) is 13.1 Å². The van der Waals surface area contributed by atoms with Crippen molar-refractivity contribution < 1.29 is 9.53 Å². The van der Waals surface area contributed by atoms with E-state index in [2.05, 4.69) is 48.7 Å². The molecule has 0 aliphatic rings. The first kappa shape index (κ1) is 12.7. The Hall–Kier alpha value is -0.350. The second kappa shape index (κ2) is 6.28. The van der Waals surface area contributed by atoms with Crippen LogP contribution in [0.25, 0.3) is 0 Å². The number of hydrogen-bond acceptors (Lipinski definition) is 2. The Morgan fingerprint density at radius 1 is 1.33 bits per heavy atom. The summed E-state index contributed by atoms with van der Waals surface area (Å²) < 4.78 is 5.64. The molecule has 0 fully saturated rings. The second-order valence-corrected chi connectivity index (χ2v) is 4.65. The summed E-state index contributed by atoms with van der Waals surface area (Å²) in [6.07, 6.45) is 1.14. The van der Waals surface area contributed by atoms with Crippen LogP contribution in [0.1, 0.15) is 17.5 Å². The summed E-state index contributed by atoms with van der Waals surface area (Å²) in [5, 5.41) is 0.817. The van der Waals surface area contributed by atoms with Gasteiger partial charge in [0, 0.05) is 16.2 Å². The van der Waals surface area contributed by atoms with E-state index >= 15 is 0 Å². The number of aryl methyl sites for hydroxylation is 1. The van der Waals surface area contributed by atoms with Gasteiger partial charge in [-0.05, 0) is 29.7 Å². The van der Waals surface area contributed by atoms with E-state index < -0.39 is 0 Å². The van der Waals surface area contributed by atoms with Crippen molar-refractivity contribution in [2.24, 2.45) is 0 Å². The van der Waals surface area contributed by atoms with E-state index in [9.17, 15) is 4.79 Å². The summed E-state index contributed by atoms with van der Waals surface area (Å²) in [5.74, 6) is -0.171. The van der Waals surface area contributed by atoms with Gasteiger partial charge < -0.3 is 4.74 Å². The van der Waals surface area contributed by atoms with Crippen LogP contribution in [0.4, 0.5) is 0 Å². The average molecular weight is 336 g/mol. The SMILES string of the molecule is COC(=O)CCc1cc(Br)cc(CBr)c1. The van der Waals surface area contributed by atoms with Crippen molar-refractivity contribution in [3.63, 3.8) is 0 Å². The Morgan fingerprint density at radius 3 is 2.60 bits per heavy atom. The van der Waals surface area contributed by atoms with Gasteiger partial charge in [-0.2, -0.15) is 0 Å². The number of methoxy groups -OCH3 is 1. The van der Waals surface area contributed by atoms with E-state index in [1.807, 2.05) is 6.07 Å². The number of esters is 1. The molecular weight excluding hydrogens is 324 g/mol. The number of hydrogen-bond donors (Lipinski definition) is 0. The highest BCUT2D eigenvalue weighted by molar-refractivity contribution is 9.10. The zero-order valence-electron chi connectivity index (χ0n) is 8.43. The van der Waals surface area contributed by atoms with Crippen LogP contribution in [0.15, 0.2) is 22.7 Å². The molecule has 0 spiro atoms. The van der Waals surface area contributed by atoms with Crippen molar-refractivity contribution in [2.45, 2.75) is 18.2 Å². The summed E-state index contributed by atoms with van der Waals surface area (Å²) in [6, 6.07) is 6.16. The number of rotatable bonds is 4. The molecule has 0 saturated carbocycles. The quantitative estimate of drug-likeness (QED) is 0.622. The Morgan fingerprint density at radius 2 is 2.00 bits per heavy atom. The first-order valence-corrected chi connectivity index (χ1v) is 6.48. The van der Waals surface area contributed by atoms with Gasteiger partial charge in [0.15, 0.2) is 0 Å². The van der Waals surface area contributed by atoms with Gasteiger partial charge in [-0.3, -0.25) is 4.79 Å². The standard InChI is InChI=1S/C11H12Br2O2/c1-15-11(14)3-2-8-4-9(7-12)6-10(13)5-8/h4-6H,2-3,7H2,1H3. The molecule has 0 unspecified atom stereocenters. The summed E-state index contributed by atoms with van der Waals surface area (Å²) >= 11 is 6.85. The molecule has 1 aromatic rings. The molecule has 0 aromatic heterocycles. The lowest BCUT2D eigenvalue weighted by molar-refractivity contribution is -0.140.